The number of carbonyl (C=O) groups is 1. The molecule has 0 N–H and O–H groups in total. The highest BCUT2D eigenvalue weighted by Crippen LogP contribution is 2.43. The lowest BCUT2D eigenvalue weighted by Gasteiger charge is -2.35. The third-order valence-electron chi connectivity index (χ3n) is 6.11. The third kappa shape index (κ3) is 5.22. The molecule has 1 aliphatic heterocycles. The van der Waals surface area contributed by atoms with Crippen LogP contribution in [0.15, 0.2) is 54.1 Å². The number of fused-ring (bicyclic) bond motifs is 1. The Balaban J connectivity index is 1.87. The number of halogens is 1. The van der Waals surface area contributed by atoms with Gasteiger partial charge in [0, 0.05) is 23.5 Å². The number of benzene rings is 1. The van der Waals surface area contributed by atoms with Gasteiger partial charge in [-0.05, 0) is 67.7 Å². The number of nitrogens with zero attached hydrogens (tertiary/aromatic N) is 1. The Kier molecular flexibility index (Phi) is 7.77. The maximum absolute atomic E-state index is 12.1. The molecule has 2 unspecified atom stereocenters. The first-order valence-electron chi connectivity index (χ1n) is 10.8. The number of piperidine rings is 1. The van der Waals surface area contributed by atoms with Crippen LogP contribution in [0.5, 0.6) is 0 Å². The molecule has 0 aromatic heterocycles. The first kappa shape index (κ1) is 21.9. The largest absolute Gasteiger partial charge is 0.450 e. The van der Waals surface area contributed by atoms with Crippen LogP contribution in [0, 0.1) is 11.8 Å². The van der Waals surface area contributed by atoms with E-state index in [0.717, 1.165) is 36.8 Å². The van der Waals surface area contributed by atoms with Gasteiger partial charge in [0.2, 0.25) is 0 Å². The summed E-state index contributed by atoms with van der Waals surface area (Å²) in [5.74, 6) is 1.36. The van der Waals surface area contributed by atoms with Crippen LogP contribution in [0.25, 0.3) is 4.48 Å². The number of amides is 1. The Bertz CT molecular complexity index is 803. The molecule has 0 saturated carbocycles. The number of carbonyl (C=O) groups excluding carboxylic acids is 1. The number of likely N-dealkylation sites (tertiary alicyclic amines) is 1. The average molecular weight is 458 g/mol. The molecule has 4 heteroatoms. The predicted molar refractivity (Wildman–Crippen MR) is 124 cm³/mol. The number of rotatable bonds is 5. The van der Waals surface area contributed by atoms with Gasteiger partial charge in [-0.25, -0.2) is 4.79 Å². The monoisotopic (exact) mass is 457 g/mol. The van der Waals surface area contributed by atoms with E-state index < -0.39 is 0 Å². The molecule has 2 aliphatic rings. The molecule has 1 fully saturated rings. The normalized spacial score (nSPS) is 21.2. The molecule has 29 heavy (non-hydrogen) atoms. The second kappa shape index (κ2) is 10.3. The van der Waals surface area contributed by atoms with Crippen molar-refractivity contribution in [1.82, 2.24) is 4.90 Å². The first-order valence-corrected chi connectivity index (χ1v) is 11.6. The van der Waals surface area contributed by atoms with E-state index >= 15 is 0 Å². The fourth-order valence-corrected chi connectivity index (χ4v) is 5.03. The van der Waals surface area contributed by atoms with E-state index in [0.29, 0.717) is 24.4 Å². The van der Waals surface area contributed by atoms with Crippen LogP contribution in [0.2, 0.25) is 0 Å². The van der Waals surface area contributed by atoms with Gasteiger partial charge < -0.3 is 9.64 Å². The molecular weight excluding hydrogens is 426 g/mol. The molecule has 3 rings (SSSR count). The summed E-state index contributed by atoms with van der Waals surface area (Å²) < 4.78 is 6.36. The summed E-state index contributed by atoms with van der Waals surface area (Å²) >= 11 is 3.84. The summed E-state index contributed by atoms with van der Waals surface area (Å²) in [6, 6.07) is 8.73. The Labute approximate surface area is 183 Å². The number of ether oxygens (including phenoxy) is 1. The van der Waals surface area contributed by atoms with E-state index in [4.69, 9.17) is 4.74 Å². The number of hydrogen-bond acceptors (Lipinski definition) is 2. The van der Waals surface area contributed by atoms with E-state index in [1.807, 2.05) is 11.8 Å². The summed E-state index contributed by atoms with van der Waals surface area (Å²) in [4.78, 5) is 13.9. The highest BCUT2D eigenvalue weighted by atomic mass is 79.9. The number of allylic oxidation sites excluding steroid dienone is 5. The first-order chi connectivity index (χ1) is 14.0. The summed E-state index contributed by atoms with van der Waals surface area (Å²) in [7, 11) is 0. The van der Waals surface area contributed by atoms with E-state index in [9.17, 15) is 4.79 Å². The van der Waals surface area contributed by atoms with Crippen LogP contribution in [-0.4, -0.2) is 30.7 Å². The maximum atomic E-state index is 12.1. The minimum Gasteiger partial charge on any atom is -0.450 e. The van der Waals surface area contributed by atoms with Crippen molar-refractivity contribution < 1.29 is 9.53 Å². The van der Waals surface area contributed by atoms with E-state index in [1.165, 1.54) is 16.7 Å². The number of hydrogen-bond donors (Lipinski definition) is 0. The van der Waals surface area contributed by atoms with Gasteiger partial charge in [-0.2, -0.15) is 0 Å². The van der Waals surface area contributed by atoms with Crippen molar-refractivity contribution in [2.75, 3.05) is 19.7 Å². The molecule has 1 aliphatic carbocycles. The minimum absolute atomic E-state index is 0.173. The molecule has 1 aromatic rings. The van der Waals surface area contributed by atoms with E-state index in [-0.39, 0.29) is 6.09 Å². The summed E-state index contributed by atoms with van der Waals surface area (Å²) in [6.07, 6.45) is 12.1. The van der Waals surface area contributed by atoms with Gasteiger partial charge in [0.1, 0.15) is 0 Å². The van der Waals surface area contributed by atoms with Crippen LogP contribution < -0.4 is 0 Å². The molecule has 1 amide bonds. The van der Waals surface area contributed by atoms with Crippen molar-refractivity contribution in [2.24, 2.45) is 11.8 Å². The van der Waals surface area contributed by atoms with Crippen molar-refractivity contribution in [1.29, 1.82) is 0 Å². The molecule has 2 atom stereocenters. The summed E-state index contributed by atoms with van der Waals surface area (Å²) in [5, 5.41) is 0. The fraction of sp³-hybridized carbons (Fsp3) is 0.480. The van der Waals surface area contributed by atoms with Crippen molar-refractivity contribution >= 4 is 26.5 Å². The molecule has 1 aromatic carbocycles. The van der Waals surface area contributed by atoms with Gasteiger partial charge in [0.25, 0.3) is 0 Å². The Morgan fingerprint density at radius 1 is 1.31 bits per heavy atom. The second-order valence-electron chi connectivity index (χ2n) is 8.00. The third-order valence-corrected chi connectivity index (χ3v) is 6.77. The smallest absolute Gasteiger partial charge is 0.409 e. The quantitative estimate of drug-likeness (QED) is 0.449. The molecule has 0 spiro atoms. The maximum Gasteiger partial charge on any atom is 0.409 e. The van der Waals surface area contributed by atoms with Crippen LogP contribution in [0.4, 0.5) is 4.79 Å². The van der Waals surface area contributed by atoms with Crippen molar-refractivity contribution in [3.63, 3.8) is 0 Å². The Morgan fingerprint density at radius 2 is 2.03 bits per heavy atom. The van der Waals surface area contributed by atoms with Crippen LogP contribution in [-0.2, 0) is 4.74 Å². The van der Waals surface area contributed by atoms with Gasteiger partial charge >= 0.3 is 6.09 Å². The molecular formula is C25H32BrNO2. The highest BCUT2D eigenvalue weighted by molar-refractivity contribution is 9.15. The van der Waals surface area contributed by atoms with Gasteiger partial charge in [-0.15, -0.1) is 0 Å². The van der Waals surface area contributed by atoms with Crippen molar-refractivity contribution in [2.45, 2.75) is 46.0 Å². The van der Waals surface area contributed by atoms with Crippen molar-refractivity contribution in [3.05, 3.63) is 65.3 Å². The van der Waals surface area contributed by atoms with Gasteiger partial charge in [0.15, 0.2) is 0 Å². The lowest BCUT2D eigenvalue weighted by molar-refractivity contribution is 0.0903. The zero-order valence-electron chi connectivity index (χ0n) is 17.7. The second-order valence-corrected chi connectivity index (χ2v) is 8.86. The zero-order chi connectivity index (χ0) is 20.8. The highest BCUT2D eigenvalue weighted by Gasteiger charge is 2.31. The summed E-state index contributed by atoms with van der Waals surface area (Å²) in [6.45, 7) is 8.22. The van der Waals surface area contributed by atoms with Gasteiger partial charge in [0.05, 0.1) is 6.61 Å². The van der Waals surface area contributed by atoms with Gasteiger partial charge in [-0.1, -0.05) is 65.3 Å². The molecule has 1 heterocycles. The average Bonchev–Trinajstić information content (AvgIpc) is 2.89. The zero-order valence-corrected chi connectivity index (χ0v) is 19.3. The lowest BCUT2D eigenvalue weighted by atomic mass is 9.77. The van der Waals surface area contributed by atoms with Crippen LogP contribution >= 0.6 is 15.9 Å². The Hall–Kier alpha value is -1.81. The molecule has 3 nitrogen and oxygen atoms in total. The molecule has 0 bridgehead atoms. The molecule has 1 saturated heterocycles. The molecule has 156 valence electrons. The standard InChI is InChI=1S/C25H32BrNO2/c1-4-6-9-18(3)20-16-23(21-10-7-8-11-22(21)24(26)17-20)19-12-14-27(15-13-19)25(28)29-5-2/h4,6-8,10-11,16-19,23H,5,9,12-15H2,1-3H3/b6-4-. The topological polar surface area (TPSA) is 29.5 Å². The molecule has 0 radical (unpaired) electrons. The summed E-state index contributed by atoms with van der Waals surface area (Å²) in [5.41, 5.74) is 4.07. The van der Waals surface area contributed by atoms with E-state index in [2.05, 4.69) is 78.3 Å². The fourth-order valence-electron chi connectivity index (χ4n) is 4.40. The predicted octanol–water partition coefficient (Wildman–Crippen LogP) is 6.92. The van der Waals surface area contributed by atoms with Crippen LogP contribution in [0.1, 0.15) is 57.1 Å². The van der Waals surface area contributed by atoms with Crippen molar-refractivity contribution in [3.8, 4) is 0 Å². The SMILES string of the molecule is C/C=C\CC(C)C1=CC(C2CCN(C(=O)OCC)CC2)c2ccccc2C(Br)=C1. The minimum atomic E-state index is -0.173. The van der Waals surface area contributed by atoms with Crippen LogP contribution in [0.3, 0.4) is 0 Å². The lowest BCUT2D eigenvalue weighted by Crippen LogP contribution is -2.40. The Morgan fingerprint density at radius 3 is 2.72 bits per heavy atom. The van der Waals surface area contributed by atoms with Gasteiger partial charge in [-0.3, -0.25) is 0 Å². The van der Waals surface area contributed by atoms with E-state index in [1.54, 1.807) is 0 Å².